The van der Waals surface area contributed by atoms with Crippen LogP contribution in [0.3, 0.4) is 0 Å². The van der Waals surface area contributed by atoms with Crippen LogP contribution >= 0.6 is 15.9 Å². The minimum absolute atomic E-state index is 0.0762. The van der Waals surface area contributed by atoms with Gasteiger partial charge in [0.2, 0.25) is 0 Å². The summed E-state index contributed by atoms with van der Waals surface area (Å²) in [5.74, 6) is -0.0762. The second kappa shape index (κ2) is 7.67. The van der Waals surface area contributed by atoms with Gasteiger partial charge in [-0.1, -0.05) is 46.1 Å². The third-order valence-electron chi connectivity index (χ3n) is 3.46. The monoisotopic (exact) mass is 340 g/mol. The maximum absolute atomic E-state index is 12.2. The van der Waals surface area contributed by atoms with E-state index in [1.807, 2.05) is 0 Å². The van der Waals surface area contributed by atoms with E-state index < -0.39 is 0 Å². The normalized spacial score (nSPS) is 11.4. The Hall–Kier alpha value is -1.03. The summed E-state index contributed by atoms with van der Waals surface area (Å²) in [6.45, 7) is 7.26. The van der Waals surface area contributed by atoms with Gasteiger partial charge < -0.3 is 11.1 Å². The largest absolute Gasteiger partial charge is 0.398 e. The van der Waals surface area contributed by atoms with Crippen LogP contribution in [0.25, 0.3) is 0 Å². The zero-order chi connectivity index (χ0) is 15.2. The molecule has 0 spiro atoms. The third-order valence-corrected chi connectivity index (χ3v) is 4.34. The highest BCUT2D eigenvalue weighted by Gasteiger charge is 2.19. The highest BCUT2D eigenvalue weighted by atomic mass is 79.9. The van der Waals surface area contributed by atoms with Crippen LogP contribution in [0.15, 0.2) is 22.7 Å². The maximum atomic E-state index is 12.2. The summed E-state index contributed by atoms with van der Waals surface area (Å²) in [6, 6.07) is 5.34. The minimum atomic E-state index is -0.0762. The molecule has 0 atom stereocenters. The number of anilines is 1. The Balaban J connectivity index is 2.56. The van der Waals surface area contributed by atoms with Gasteiger partial charge in [0.05, 0.1) is 10.0 Å². The van der Waals surface area contributed by atoms with Gasteiger partial charge in [-0.3, -0.25) is 4.79 Å². The molecule has 1 amide bonds. The van der Waals surface area contributed by atoms with E-state index in [-0.39, 0.29) is 11.3 Å². The molecular formula is C16H25BrN2O. The number of nitrogens with one attached hydrogen (secondary N) is 1. The Morgan fingerprint density at radius 2 is 2.05 bits per heavy atom. The van der Waals surface area contributed by atoms with Crippen molar-refractivity contribution >= 4 is 27.5 Å². The second-order valence-electron chi connectivity index (χ2n) is 6.01. The second-order valence-corrected chi connectivity index (χ2v) is 6.81. The molecule has 4 heteroatoms. The number of nitrogen functional groups attached to an aromatic ring is 1. The molecular weight excluding hydrogens is 316 g/mol. The molecule has 0 fully saturated rings. The molecule has 0 saturated heterocycles. The molecule has 0 unspecified atom stereocenters. The average molecular weight is 341 g/mol. The Labute approximate surface area is 130 Å². The van der Waals surface area contributed by atoms with Gasteiger partial charge in [0, 0.05) is 12.2 Å². The number of carbonyl (C=O) groups is 1. The van der Waals surface area contributed by atoms with Crippen molar-refractivity contribution in [3.63, 3.8) is 0 Å². The fourth-order valence-electron chi connectivity index (χ4n) is 2.08. The van der Waals surface area contributed by atoms with Crippen LogP contribution in [0.5, 0.6) is 0 Å². The van der Waals surface area contributed by atoms with Crippen molar-refractivity contribution in [3.8, 4) is 0 Å². The van der Waals surface area contributed by atoms with Crippen molar-refractivity contribution in [1.82, 2.24) is 5.32 Å². The van der Waals surface area contributed by atoms with E-state index in [4.69, 9.17) is 5.73 Å². The fraction of sp³-hybridized carbons (Fsp3) is 0.562. The van der Waals surface area contributed by atoms with Crippen LogP contribution in [-0.2, 0) is 0 Å². The van der Waals surface area contributed by atoms with E-state index in [0.29, 0.717) is 22.3 Å². The van der Waals surface area contributed by atoms with Crippen LogP contribution < -0.4 is 11.1 Å². The summed E-state index contributed by atoms with van der Waals surface area (Å²) < 4.78 is 0.668. The first kappa shape index (κ1) is 17.0. The lowest BCUT2D eigenvalue weighted by molar-refractivity contribution is 0.0933. The predicted octanol–water partition coefficient (Wildman–Crippen LogP) is 4.37. The zero-order valence-corrected chi connectivity index (χ0v) is 14.2. The molecule has 0 bridgehead atoms. The van der Waals surface area contributed by atoms with Crippen molar-refractivity contribution in [3.05, 3.63) is 28.2 Å². The zero-order valence-electron chi connectivity index (χ0n) is 12.6. The molecule has 0 aromatic heterocycles. The standard InChI is InChI=1S/C16H25BrN2O/c1-4-5-6-10-16(2,3)11-19-15(20)12-8-7-9-13(18)14(12)17/h7-9H,4-6,10-11,18H2,1-3H3,(H,19,20). The van der Waals surface area contributed by atoms with Crippen molar-refractivity contribution in [2.45, 2.75) is 46.5 Å². The highest BCUT2D eigenvalue weighted by Crippen LogP contribution is 2.25. The van der Waals surface area contributed by atoms with Crippen LogP contribution in [0.4, 0.5) is 5.69 Å². The molecule has 3 nitrogen and oxygen atoms in total. The molecule has 0 radical (unpaired) electrons. The summed E-state index contributed by atoms with van der Waals surface area (Å²) in [5, 5.41) is 3.01. The number of nitrogens with two attached hydrogens (primary N) is 1. The minimum Gasteiger partial charge on any atom is -0.398 e. The van der Waals surface area contributed by atoms with Gasteiger partial charge in [0.1, 0.15) is 0 Å². The molecule has 1 rings (SSSR count). The highest BCUT2D eigenvalue weighted by molar-refractivity contribution is 9.10. The summed E-state index contributed by atoms with van der Waals surface area (Å²) in [6.07, 6.45) is 4.80. The summed E-state index contributed by atoms with van der Waals surface area (Å²) in [7, 11) is 0. The molecule has 3 N–H and O–H groups in total. The van der Waals surface area contributed by atoms with Crippen LogP contribution in [0, 0.1) is 5.41 Å². The molecule has 112 valence electrons. The van der Waals surface area contributed by atoms with Gasteiger partial charge in [0.25, 0.3) is 5.91 Å². The van der Waals surface area contributed by atoms with E-state index in [2.05, 4.69) is 42.0 Å². The van der Waals surface area contributed by atoms with E-state index in [0.717, 1.165) is 6.42 Å². The average Bonchev–Trinajstić information content (AvgIpc) is 2.39. The Kier molecular flexibility index (Phi) is 6.53. The van der Waals surface area contributed by atoms with E-state index in [1.54, 1.807) is 18.2 Å². The quantitative estimate of drug-likeness (QED) is 0.572. The topological polar surface area (TPSA) is 55.1 Å². The predicted molar refractivity (Wildman–Crippen MR) is 88.8 cm³/mol. The molecule has 1 aromatic carbocycles. The number of rotatable bonds is 7. The van der Waals surface area contributed by atoms with E-state index in [1.165, 1.54) is 19.3 Å². The van der Waals surface area contributed by atoms with Crippen molar-refractivity contribution in [1.29, 1.82) is 0 Å². The smallest absolute Gasteiger partial charge is 0.252 e. The molecule has 20 heavy (non-hydrogen) atoms. The van der Waals surface area contributed by atoms with Gasteiger partial charge in [-0.15, -0.1) is 0 Å². The third kappa shape index (κ3) is 5.16. The number of benzene rings is 1. The summed E-state index contributed by atoms with van der Waals surface area (Å²) >= 11 is 3.37. The summed E-state index contributed by atoms with van der Waals surface area (Å²) in [5.41, 5.74) is 7.09. The first-order valence-corrected chi connectivity index (χ1v) is 7.99. The molecule has 0 heterocycles. The number of amides is 1. The van der Waals surface area contributed by atoms with Crippen LogP contribution in [0.2, 0.25) is 0 Å². The van der Waals surface area contributed by atoms with Crippen molar-refractivity contribution in [2.75, 3.05) is 12.3 Å². The number of hydrogen-bond acceptors (Lipinski definition) is 2. The van der Waals surface area contributed by atoms with E-state index in [9.17, 15) is 4.79 Å². The molecule has 0 aliphatic carbocycles. The number of carbonyl (C=O) groups excluding carboxylic acids is 1. The number of hydrogen-bond donors (Lipinski definition) is 2. The lowest BCUT2D eigenvalue weighted by Gasteiger charge is -2.25. The lowest BCUT2D eigenvalue weighted by atomic mass is 9.87. The van der Waals surface area contributed by atoms with E-state index >= 15 is 0 Å². The van der Waals surface area contributed by atoms with Gasteiger partial charge in [-0.05, 0) is 39.9 Å². The number of unbranched alkanes of at least 4 members (excludes halogenated alkanes) is 2. The SMILES string of the molecule is CCCCCC(C)(C)CNC(=O)c1cccc(N)c1Br. The van der Waals surface area contributed by atoms with Gasteiger partial charge in [-0.2, -0.15) is 0 Å². The van der Waals surface area contributed by atoms with Crippen molar-refractivity contribution in [2.24, 2.45) is 5.41 Å². The maximum Gasteiger partial charge on any atom is 0.252 e. The molecule has 0 aliphatic rings. The Morgan fingerprint density at radius 1 is 1.35 bits per heavy atom. The van der Waals surface area contributed by atoms with Gasteiger partial charge in [-0.25, -0.2) is 0 Å². The first-order chi connectivity index (χ1) is 9.37. The Morgan fingerprint density at radius 3 is 2.70 bits per heavy atom. The van der Waals surface area contributed by atoms with Crippen LogP contribution in [-0.4, -0.2) is 12.5 Å². The molecule has 1 aromatic rings. The van der Waals surface area contributed by atoms with Crippen LogP contribution in [0.1, 0.15) is 56.8 Å². The lowest BCUT2D eigenvalue weighted by Crippen LogP contribution is -2.34. The molecule has 0 saturated carbocycles. The van der Waals surface area contributed by atoms with Gasteiger partial charge >= 0.3 is 0 Å². The molecule has 0 aliphatic heterocycles. The van der Waals surface area contributed by atoms with Gasteiger partial charge in [0.15, 0.2) is 0 Å². The summed E-state index contributed by atoms with van der Waals surface area (Å²) in [4.78, 5) is 12.2. The first-order valence-electron chi connectivity index (χ1n) is 7.19. The van der Waals surface area contributed by atoms with Crippen molar-refractivity contribution < 1.29 is 4.79 Å². The Bertz CT molecular complexity index is 458. The number of halogens is 1. The fourth-order valence-corrected chi connectivity index (χ4v) is 2.53.